The Morgan fingerprint density at radius 1 is 1.05 bits per heavy atom. The van der Waals surface area contributed by atoms with Gasteiger partial charge in [0.1, 0.15) is 12.3 Å². The summed E-state index contributed by atoms with van der Waals surface area (Å²) in [4.78, 5) is 30.0. The topological polar surface area (TPSA) is 116 Å². The van der Waals surface area contributed by atoms with E-state index < -0.39 is 21.9 Å². The maximum Gasteiger partial charge on any atom is 0.326 e. The van der Waals surface area contributed by atoms with Gasteiger partial charge in [0, 0.05) is 11.3 Å². The summed E-state index contributed by atoms with van der Waals surface area (Å²) in [7, 11) is -2.29. The molecule has 37 heavy (non-hydrogen) atoms. The molecule has 0 fully saturated rings. The van der Waals surface area contributed by atoms with Crippen molar-refractivity contribution in [3.8, 4) is 5.75 Å². The van der Waals surface area contributed by atoms with Crippen LogP contribution in [0.3, 0.4) is 0 Å². The lowest BCUT2D eigenvalue weighted by Gasteiger charge is -2.09. The lowest BCUT2D eigenvalue weighted by molar-refractivity contribution is -0.143. The van der Waals surface area contributed by atoms with Gasteiger partial charge in [-0.15, -0.1) is 0 Å². The minimum atomic E-state index is -3.84. The Kier molecular flexibility index (Phi) is 7.74. The molecule has 0 aliphatic heterocycles. The number of amides is 1. The smallest absolute Gasteiger partial charge is 0.326 e. The highest BCUT2D eigenvalue weighted by Crippen LogP contribution is 2.24. The van der Waals surface area contributed by atoms with Crippen molar-refractivity contribution in [2.75, 3.05) is 18.4 Å². The number of esters is 1. The first-order chi connectivity index (χ1) is 17.7. The molecule has 0 unspecified atom stereocenters. The number of aromatic nitrogens is 1. The van der Waals surface area contributed by atoms with Gasteiger partial charge in [-0.3, -0.25) is 14.3 Å². The fourth-order valence-electron chi connectivity index (χ4n) is 3.55. The number of ether oxygens (including phenoxy) is 2. The lowest BCUT2D eigenvalue weighted by atomic mass is 10.2. The highest BCUT2D eigenvalue weighted by Gasteiger charge is 2.16. The number of carbonyl (C=O) groups excluding carboxylic acids is 2. The molecule has 9 nitrogen and oxygen atoms in total. The molecule has 0 aliphatic rings. The van der Waals surface area contributed by atoms with E-state index in [9.17, 15) is 18.0 Å². The molecule has 0 atom stereocenters. The fraction of sp³-hybridized carbons (Fsp3) is 0.192. The molecule has 192 valence electrons. The highest BCUT2D eigenvalue weighted by atomic mass is 32.2. The summed E-state index contributed by atoms with van der Waals surface area (Å²) in [6.45, 7) is 3.69. The second-order valence-electron chi connectivity index (χ2n) is 8.03. The summed E-state index contributed by atoms with van der Waals surface area (Å²) >= 11 is 1.23. The monoisotopic (exact) mass is 539 g/mol. The van der Waals surface area contributed by atoms with Crippen LogP contribution in [0.5, 0.6) is 5.75 Å². The third kappa shape index (κ3) is 6.07. The highest BCUT2D eigenvalue weighted by molar-refractivity contribution is 7.92. The molecule has 0 radical (unpaired) electrons. The first kappa shape index (κ1) is 26.1. The molecular weight excluding hydrogens is 514 g/mol. The van der Waals surface area contributed by atoms with Crippen LogP contribution in [0.4, 0.5) is 5.69 Å². The van der Waals surface area contributed by atoms with E-state index in [-0.39, 0.29) is 29.3 Å². The number of rotatable bonds is 8. The van der Waals surface area contributed by atoms with E-state index in [4.69, 9.17) is 9.47 Å². The Morgan fingerprint density at radius 2 is 1.81 bits per heavy atom. The summed E-state index contributed by atoms with van der Waals surface area (Å²) in [6, 6.07) is 17.9. The summed E-state index contributed by atoms with van der Waals surface area (Å²) in [6.07, 6.45) is 0. The number of hydrogen-bond donors (Lipinski definition) is 1. The molecule has 0 spiro atoms. The van der Waals surface area contributed by atoms with E-state index in [0.717, 1.165) is 10.3 Å². The number of carbonyl (C=O) groups is 2. The van der Waals surface area contributed by atoms with Gasteiger partial charge in [0.2, 0.25) is 0 Å². The van der Waals surface area contributed by atoms with Gasteiger partial charge in [-0.05, 0) is 62.4 Å². The van der Waals surface area contributed by atoms with Crippen LogP contribution in [0.1, 0.15) is 22.8 Å². The van der Waals surface area contributed by atoms with E-state index >= 15 is 0 Å². The molecule has 4 rings (SSSR count). The van der Waals surface area contributed by atoms with Gasteiger partial charge in [0.15, 0.2) is 4.80 Å². The number of nitrogens with zero attached hydrogens (tertiary/aromatic N) is 2. The van der Waals surface area contributed by atoms with Crippen molar-refractivity contribution in [3.63, 3.8) is 0 Å². The number of nitrogens with one attached hydrogen (secondary N) is 1. The maximum atomic E-state index is 13.1. The Labute approximate surface area is 218 Å². The van der Waals surface area contributed by atoms with Gasteiger partial charge < -0.3 is 14.0 Å². The van der Waals surface area contributed by atoms with Crippen molar-refractivity contribution >= 4 is 49.1 Å². The van der Waals surface area contributed by atoms with Crippen molar-refractivity contribution < 1.29 is 27.5 Å². The molecule has 3 aromatic carbocycles. The molecule has 0 aliphatic carbocycles. The average molecular weight is 540 g/mol. The van der Waals surface area contributed by atoms with Gasteiger partial charge in [0.25, 0.3) is 15.9 Å². The van der Waals surface area contributed by atoms with Crippen LogP contribution in [-0.4, -0.2) is 38.6 Å². The molecular formula is C26H25N3O6S2. The first-order valence-corrected chi connectivity index (χ1v) is 13.6. The van der Waals surface area contributed by atoms with E-state index in [1.165, 1.54) is 29.5 Å². The molecule has 1 heterocycles. The molecule has 0 saturated carbocycles. The third-order valence-electron chi connectivity index (χ3n) is 5.37. The van der Waals surface area contributed by atoms with Gasteiger partial charge >= 0.3 is 5.97 Å². The van der Waals surface area contributed by atoms with Crippen LogP contribution in [0.2, 0.25) is 0 Å². The van der Waals surface area contributed by atoms with Gasteiger partial charge in [-0.25, -0.2) is 8.42 Å². The van der Waals surface area contributed by atoms with Crippen molar-refractivity contribution in [2.24, 2.45) is 4.99 Å². The van der Waals surface area contributed by atoms with Crippen LogP contribution < -0.4 is 14.3 Å². The summed E-state index contributed by atoms with van der Waals surface area (Å²) in [5.74, 6) is -0.421. The number of aryl methyl sites for hydroxylation is 1. The number of thiazole rings is 1. The van der Waals surface area contributed by atoms with E-state index in [1.54, 1.807) is 67.1 Å². The Balaban J connectivity index is 1.68. The van der Waals surface area contributed by atoms with Gasteiger partial charge in [-0.1, -0.05) is 35.1 Å². The number of fused-ring (bicyclic) bond motifs is 1. The largest absolute Gasteiger partial charge is 0.497 e. The molecule has 0 saturated heterocycles. The van der Waals surface area contributed by atoms with Crippen LogP contribution in [-0.2, 0) is 26.1 Å². The standard InChI is InChI=1S/C26H25N3O6S2/c1-4-35-24(30)16-29-22-13-10-20(34-3)15-23(22)36-26(29)27-25(31)18-6-5-7-19(14-18)28-37(32,33)21-11-8-17(2)9-12-21/h5-15,28H,4,16H2,1-3H3. The average Bonchev–Trinajstić information content (AvgIpc) is 3.20. The maximum absolute atomic E-state index is 13.1. The minimum absolute atomic E-state index is 0.111. The number of benzene rings is 3. The van der Waals surface area contributed by atoms with Gasteiger partial charge in [-0.2, -0.15) is 4.99 Å². The first-order valence-electron chi connectivity index (χ1n) is 11.3. The minimum Gasteiger partial charge on any atom is -0.497 e. The Bertz CT molecular complexity index is 1640. The predicted octanol–water partition coefficient (Wildman–Crippen LogP) is 4.12. The van der Waals surface area contributed by atoms with E-state index in [1.807, 2.05) is 6.92 Å². The van der Waals surface area contributed by atoms with Crippen LogP contribution in [0.25, 0.3) is 10.2 Å². The number of hydrogen-bond acceptors (Lipinski definition) is 7. The zero-order chi connectivity index (χ0) is 26.6. The normalized spacial score (nSPS) is 11.9. The van der Waals surface area contributed by atoms with Crippen molar-refractivity contribution in [1.82, 2.24) is 4.57 Å². The van der Waals surface area contributed by atoms with Crippen molar-refractivity contribution in [3.05, 3.63) is 82.7 Å². The summed E-state index contributed by atoms with van der Waals surface area (Å²) in [5.41, 5.74) is 2.04. The van der Waals surface area contributed by atoms with Crippen LogP contribution >= 0.6 is 11.3 Å². The number of anilines is 1. The molecule has 1 aromatic heterocycles. The second-order valence-corrected chi connectivity index (χ2v) is 10.7. The lowest BCUT2D eigenvalue weighted by Crippen LogP contribution is -2.23. The number of methoxy groups -OCH3 is 1. The molecule has 0 bridgehead atoms. The molecule has 11 heteroatoms. The van der Waals surface area contributed by atoms with E-state index in [2.05, 4.69) is 9.71 Å². The van der Waals surface area contributed by atoms with Crippen molar-refractivity contribution in [2.45, 2.75) is 25.3 Å². The third-order valence-corrected chi connectivity index (χ3v) is 7.81. The summed E-state index contributed by atoms with van der Waals surface area (Å²) in [5, 5.41) is 0. The zero-order valence-electron chi connectivity index (χ0n) is 20.4. The quantitative estimate of drug-likeness (QED) is 0.337. The Hall–Kier alpha value is -3.96. The SMILES string of the molecule is CCOC(=O)Cn1c(=NC(=O)c2cccc(NS(=O)(=O)c3ccc(C)cc3)c2)sc2cc(OC)ccc21. The molecule has 1 N–H and O–H groups in total. The molecule has 1 amide bonds. The van der Waals surface area contributed by atoms with Crippen LogP contribution in [0.15, 0.2) is 76.6 Å². The number of sulfonamides is 1. The van der Waals surface area contributed by atoms with E-state index in [0.29, 0.717) is 16.1 Å². The fourth-order valence-corrected chi connectivity index (χ4v) is 5.66. The second kappa shape index (κ2) is 11.0. The predicted molar refractivity (Wildman–Crippen MR) is 141 cm³/mol. The Morgan fingerprint density at radius 3 is 2.51 bits per heavy atom. The van der Waals surface area contributed by atoms with Crippen molar-refractivity contribution in [1.29, 1.82) is 0 Å². The van der Waals surface area contributed by atoms with Gasteiger partial charge in [0.05, 0.1) is 28.8 Å². The zero-order valence-corrected chi connectivity index (χ0v) is 22.1. The summed E-state index contributed by atoms with van der Waals surface area (Å²) < 4.78 is 40.8. The van der Waals surface area contributed by atoms with Crippen LogP contribution in [0, 0.1) is 6.92 Å². The molecule has 4 aromatic rings.